The molecule has 3 rings (SSSR count). The van der Waals surface area contributed by atoms with Crippen LogP contribution in [0.4, 0.5) is 5.69 Å². The molecule has 7 heteroatoms. The number of carbonyl (C=O) groups is 1. The minimum absolute atomic E-state index is 0.0588. The molecule has 152 valence electrons. The summed E-state index contributed by atoms with van der Waals surface area (Å²) in [6.45, 7) is 7.13. The maximum atomic E-state index is 12.8. The van der Waals surface area contributed by atoms with Crippen LogP contribution in [0.5, 0.6) is 0 Å². The molecule has 1 aliphatic carbocycles. The lowest BCUT2D eigenvalue weighted by Crippen LogP contribution is -2.37. The molecular formula is C21H28N2O4S. The second kappa shape index (κ2) is 7.79. The normalized spacial score (nSPS) is 22.2. The second-order valence-electron chi connectivity index (χ2n) is 8.64. The van der Waals surface area contributed by atoms with E-state index in [4.69, 9.17) is 0 Å². The largest absolute Gasteiger partial charge is 0.511 e. The lowest BCUT2D eigenvalue weighted by molar-refractivity contribution is -0.117. The van der Waals surface area contributed by atoms with E-state index in [1.54, 1.807) is 24.3 Å². The van der Waals surface area contributed by atoms with E-state index in [-0.39, 0.29) is 27.4 Å². The number of benzene rings is 1. The summed E-state index contributed by atoms with van der Waals surface area (Å²) in [7, 11) is -3.49. The van der Waals surface area contributed by atoms with Crippen molar-refractivity contribution in [3.8, 4) is 0 Å². The molecule has 28 heavy (non-hydrogen) atoms. The molecule has 0 bridgehead atoms. The van der Waals surface area contributed by atoms with Gasteiger partial charge in [0.15, 0.2) is 5.78 Å². The van der Waals surface area contributed by atoms with Gasteiger partial charge in [-0.15, -0.1) is 0 Å². The first-order valence-electron chi connectivity index (χ1n) is 9.68. The van der Waals surface area contributed by atoms with Crippen LogP contribution in [0.1, 0.15) is 46.5 Å². The Morgan fingerprint density at radius 2 is 1.75 bits per heavy atom. The number of aliphatic hydroxyl groups is 1. The summed E-state index contributed by atoms with van der Waals surface area (Å²) in [4.78, 5) is 16.7. The van der Waals surface area contributed by atoms with Crippen molar-refractivity contribution in [2.45, 2.75) is 51.3 Å². The van der Waals surface area contributed by atoms with Gasteiger partial charge in [-0.05, 0) is 48.4 Å². The van der Waals surface area contributed by atoms with E-state index in [1.807, 2.05) is 13.8 Å². The number of ketones is 1. The van der Waals surface area contributed by atoms with Crippen LogP contribution in [0, 0.1) is 11.3 Å². The Balaban J connectivity index is 1.74. The molecule has 1 N–H and O–H groups in total. The zero-order valence-corrected chi connectivity index (χ0v) is 17.5. The highest BCUT2D eigenvalue weighted by atomic mass is 32.2. The Labute approximate surface area is 167 Å². The number of sulfonamides is 1. The van der Waals surface area contributed by atoms with Crippen molar-refractivity contribution in [1.82, 2.24) is 4.31 Å². The number of Topliss-reactive ketones (excluding diaryl/α,β-unsaturated/α-hetero) is 1. The third-order valence-corrected chi connectivity index (χ3v) is 7.37. The van der Waals surface area contributed by atoms with Gasteiger partial charge in [0.05, 0.1) is 16.2 Å². The highest BCUT2D eigenvalue weighted by Gasteiger charge is 2.32. The van der Waals surface area contributed by atoms with E-state index in [2.05, 4.69) is 11.9 Å². The SMILES string of the molecule is CC1CCN(S(=O)(=O)c2ccc(N=CC3=C(O)CC(C)(C)CC3=O)cc2)CC1. The number of carbonyl (C=O) groups excluding carboxylic acids is 1. The quantitative estimate of drug-likeness (QED) is 0.768. The molecule has 0 spiro atoms. The van der Waals surface area contributed by atoms with Gasteiger partial charge in [-0.2, -0.15) is 4.31 Å². The van der Waals surface area contributed by atoms with Crippen molar-refractivity contribution in [2.24, 2.45) is 16.3 Å². The molecule has 0 radical (unpaired) electrons. The van der Waals surface area contributed by atoms with Gasteiger partial charge < -0.3 is 5.11 Å². The van der Waals surface area contributed by atoms with E-state index in [1.165, 1.54) is 10.5 Å². The number of aliphatic hydroxyl groups excluding tert-OH is 1. The summed E-state index contributed by atoms with van der Waals surface area (Å²) in [6.07, 6.45) is 3.94. The monoisotopic (exact) mass is 404 g/mol. The van der Waals surface area contributed by atoms with Crippen LogP contribution < -0.4 is 0 Å². The van der Waals surface area contributed by atoms with Crippen LogP contribution in [0.2, 0.25) is 0 Å². The number of rotatable bonds is 4. The smallest absolute Gasteiger partial charge is 0.243 e. The summed E-state index contributed by atoms with van der Waals surface area (Å²) in [5, 5.41) is 10.1. The number of hydrogen-bond acceptors (Lipinski definition) is 5. The summed E-state index contributed by atoms with van der Waals surface area (Å²) in [6, 6.07) is 6.32. The molecule has 0 atom stereocenters. The van der Waals surface area contributed by atoms with Crippen molar-refractivity contribution >= 4 is 27.7 Å². The lowest BCUT2D eigenvalue weighted by atomic mass is 9.77. The Morgan fingerprint density at radius 3 is 2.32 bits per heavy atom. The first-order chi connectivity index (χ1) is 13.1. The summed E-state index contributed by atoms with van der Waals surface area (Å²) in [5.41, 5.74) is 0.517. The average Bonchev–Trinajstić information content (AvgIpc) is 2.61. The standard InChI is InChI=1S/C21H28N2O4S/c1-15-8-10-23(11-9-15)28(26,27)17-6-4-16(5-7-17)22-14-18-19(24)12-21(2,3)13-20(18)25/h4-7,14-15,24H,8-13H2,1-3H3. The van der Waals surface area contributed by atoms with E-state index >= 15 is 0 Å². The van der Waals surface area contributed by atoms with Gasteiger partial charge in [0, 0.05) is 32.1 Å². The molecular weight excluding hydrogens is 376 g/mol. The predicted molar refractivity (Wildman–Crippen MR) is 109 cm³/mol. The van der Waals surface area contributed by atoms with Gasteiger partial charge in [0.25, 0.3) is 0 Å². The molecule has 1 aromatic rings. The molecule has 6 nitrogen and oxygen atoms in total. The Bertz CT molecular complexity index is 906. The van der Waals surface area contributed by atoms with E-state index < -0.39 is 10.0 Å². The summed E-state index contributed by atoms with van der Waals surface area (Å²) in [5.74, 6) is 0.488. The Morgan fingerprint density at radius 1 is 1.14 bits per heavy atom. The second-order valence-corrected chi connectivity index (χ2v) is 10.6. The third-order valence-electron chi connectivity index (χ3n) is 5.46. The molecule has 0 amide bonds. The van der Waals surface area contributed by atoms with Gasteiger partial charge in [0.2, 0.25) is 10.0 Å². The fourth-order valence-electron chi connectivity index (χ4n) is 3.67. The van der Waals surface area contributed by atoms with E-state index in [0.29, 0.717) is 37.5 Å². The van der Waals surface area contributed by atoms with Crippen molar-refractivity contribution < 1.29 is 18.3 Å². The number of nitrogens with zero attached hydrogens (tertiary/aromatic N) is 2. The summed E-state index contributed by atoms with van der Waals surface area (Å²) < 4.78 is 27.1. The Kier molecular flexibility index (Phi) is 5.77. The highest BCUT2D eigenvalue weighted by Crippen LogP contribution is 2.35. The van der Waals surface area contributed by atoms with Gasteiger partial charge in [0.1, 0.15) is 5.76 Å². The zero-order valence-electron chi connectivity index (χ0n) is 16.7. The van der Waals surface area contributed by atoms with Crippen LogP contribution in [-0.4, -0.2) is 42.9 Å². The number of piperidine rings is 1. The van der Waals surface area contributed by atoms with Crippen molar-refractivity contribution in [1.29, 1.82) is 0 Å². The van der Waals surface area contributed by atoms with Crippen LogP contribution in [0.3, 0.4) is 0 Å². The fraction of sp³-hybridized carbons (Fsp3) is 0.524. The third kappa shape index (κ3) is 4.52. The Hall–Kier alpha value is -1.99. The van der Waals surface area contributed by atoms with Gasteiger partial charge in [-0.1, -0.05) is 20.8 Å². The molecule has 0 unspecified atom stereocenters. The summed E-state index contributed by atoms with van der Waals surface area (Å²) >= 11 is 0. The maximum absolute atomic E-state index is 12.8. The lowest BCUT2D eigenvalue weighted by Gasteiger charge is -2.29. The molecule has 1 aliphatic heterocycles. The minimum Gasteiger partial charge on any atom is -0.511 e. The van der Waals surface area contributed by atoms with E-state index in [9.17, 15) is 18.3 Å². The van der Waals surface area contributed by atoms with Crippen LogP contribution >= 0.6 is 0 Å². The van der Waals surface area contributed by atoms with Crippen LogP contribution in [0.25, 0.3) is 0 Å². The van der Waals surface area contributed by atoms with Crippen molar-refractivity contribution in [3.63, 3.8) is 0 Å². The number of allylic oxidation sites excluding steroid dienone is 2. The first-order valence-corrected chi connectivity index (χ1v) is 11.1. The minimum atomic E-state index is -3.49. The van der Waals surface area contributed by atoms with Crippen molar-refractivity contribution in [3.05, 3.63) is 35.6 Å². The van der Waals surface area contributed by atoms with Crippen LogP contribution in [0.15, 0.2) is 45.5 Å². The topological polar surface area (TPSA) is 87.0 Å². The maximum Gasteiger partial charge on any atom is 0.243 e. The molecule has 1 saturated heterocycles. The molecule has 2 aliphatic rings. The van der Waals surface area contributed by atoms with Crippen molar-refractivity contribution in [2.75, 3.05) is 13.1 Å². The molecule has 0 saturated carbocycles. The van der Waals surface area contributed by atoms with Crippen LogP contribution in [-0.2, 0) is 14.8 Å². The van der Waals surface area contributed by atoms with Gasteiger partial charge in [-0.3, -0.25) is 9.79 Å². The van der Waals surface area contributed by atoms with Gasteiger partial charge >= 0.3 is 0 Å². The van der Waals surface area contributed by atoms with Gasteiger partial charge in [-0.25, -0.2) is 8.42 Å². The zero-order chi connectivity index (χ0) is 20.5. The number of aliphatic imine (C=N–C) groups is 1. The molecule has 1 heterocycles. The highest BCUT2D eigenvalue weighted by molar-refractivity contribution is 7.89. The predicted octanol–water partition coefficient (Wildman–Crippen LogP) is 4.01. The number of hydrogen-bond donors (Lipinski definition) is 1. The molecule has 1 fully saturated rings. The average molecular weight is 405 g/mol. The first kappa shape index (κ1) is 20.7. The molecule has 0 aromatic heterocycles. The van der Waals surface area contributed by atoms with E-state index in [0.717, 1.165) is 12.8 Å². The fourth-order valence-corrected chi connectivity index (χ4v) is 5.14. The molecule has 1 aromatic carbocycles.